The van der Waals surface area contributed by atoms with Gasteiger partial charge in [-0.15, -0.1) is 0 Å². The molecule has 0 aromatic heterocycles. The summed E-state index contributed by atoms with van der Waals surface area (Å²) in [6, 6.07) is 31.0. The molecule has 4 aromatic carbocycles. The fourth-order valence-corrected chi connectivity index (χ4v) is 4.81. The summed E-state index contributed by atoms with van der Waals surface area (Å²) in [6.07, 6.45) is 1.62. The van der Waals surface area contributed by atoms with E-state index in [0.29, 0.717) is 12.1 Å². The molecule has 2 nitrogen and oxygen atoms in total. The highest BCUT2D eigenvalue weighted by atomic mass is 19.1. The molecule has 0 heterocycles. The maximum Gasteiger partial charge on any atom is 0.255 e. The van der Waals surface area contributed by atoms with E-state index in [1.165, 1.54) is 23.3 Å². The van der Waals surface area contributed by atoms with Gasteiger partial charge in [0.25, 0.3) is 5.91 Å². The minimum absolute atomic E-state index is 0.0142. The first kappa shape index (κ1) is 21.1. The molecule has 0 bridgehead atoms. The maximum atomic E-state index is 14.2. The Morgan fingerprint density at radius 2 is 1.55 bits per heavy atom. The molecular formula is C30H26FNO. The predicted molar refractivity (Wildman–Crippen MR) is 131 cm³/mol. The first-order chi connectivity index (χ1) is 16.1. The quantitative estimate of drug-likeness (QED) is 0.345. The van der Waals surface area contributed by atoms with E-state index in [0.717, 1.165) is 35.1 Å². The highest BCUT2D eigenvalue weighted by Crippen LogP contribution is 2.31. The Hall–Kier alpha value is -3.72. The van der Waals surface area contributed by atoms with E-state index in [1.54, 1.807) is 6.07 Å². The number of fused-ring (bicyclic) bond motifs is 1. The van der Waals surface area contributed by atoms with Crippen LogP contribution in [-0.4, -0.2) is 16.8 Å². The molecule has 0 fully saturated rings. The Labute approximate surface area is 194 Å². The van der Waals surface area contributed by atoms with Gasteiger partial charge in [-0.25, -0.2) is 4.39 Å². The number of benzene rings is 4. The summed E-state index contributed by atoms with van der Waals surface area (Å²) in [5.41, 5.74) is 7.03. The lowest BCUT2D eigenvalue weighted by molar-refractivity contribution is 0.0668. The van der Waals surface area contributed by atoms with Crippen LogP contribution in [0.4, 0.5) is 4.39 Å². The van der Waals surface area contributed by atoms with Crippen LogP contribution in [0.25, 0.3) is 11.1 Å². The van der Waals surface area contributed by atoms with Gasteiger partial charge in [0.15, 0.2) is 0 Å². The van der Waals surface area contributed by atoms with Crippen LogP contribution in [0.2, 0.25) is 0 Å². The minimum Gasteiger partial charge on any atom is -0.331 e. The number of hydrogen-bond acceptors (Lipinski definition) is 1. The molecule has 0 N–H and O–H groups in total. The van der Waals surface area contributed by atoms with Crippen molar-refractivity contribution in [3.63, 3.8) is 0 Å². The fraction of sp³-hybridized carbons (Fsp3) is 0.167. The fourth-order valence-electron chi connectivity index (χ4n) is 4.81. The SMILES string of the molecule is Cc1ccc(-c2ccccc2)c(C(=O)N(Cc2cccc(F)c2)C2Cc3ccccc3C2)c1. The molecule has 0 saturated heterocycles. The largest absolute Gasteiger partial charge is 0.331 e. The first-order valence-electron chi connectivity index (χ1n) is 11.4. The van der Waals surface area contributed by atoms with Crippen LogP contribution in [0.3, 0.4) is 0 Å². The van der Waals surface area contributed by atoms with Gasteiger partial charge in [-0.05, 0) is 65.8 Å². The Morgan fingerprint density at radius 3 is 2.24 bits per heavy atom. The van der Waals surface area contributed by atoms with Gasteiger partial charge in [-0.2, -0.15) is 0 Å². The molecule has 33 heavy (non-hydrogen) atoms. The zero-order chi connectivity index (χ0) is 22.8. The molecular weight excluding hydrogens is 409 g/mol. The molecule has 0 aliphatic heterocycles. The van der Waals surface area contributed by atoms with Crippen molar-refractivity contribution >= 4 is 5.91 Å². The number of hydrogen-bond donors (Lipinski definition) is 0. The van der Waals surface area contributed by atoms with Gasteiger partial charge in [0.2, 0.25) is 0 Å². The van der Waals surface area contributed by atoms with Crippen LogP contribution in [0.5, 0.6) is 0 Å². The smallest absolute Gasteiger partial charge is 0.255 e. The summed E-state index contributed by atoms with van der Waals surface area (Å²) < 4.78 is 14.0. The number of nitrogens with zero attached hydrogens (tertiary/aromatic N) is 1. The first-order valence-corrected chi connectivity index (χ1v) is 11.4. The van der Waals surface area contributed by atoms with Gasteiger partial charge in [-0.3, -0.25) is 4.79 Å². The normalized spacial score (nSPS) is 13.0. The molecule has 0 unspecified atom stereocenters. The van der Waals surface area contributed by atoms with Gasteiger partial charge in [0, 0.05) is 18.2 Å². The summed E-state index contributed by atoms with van der Waals surface area (Å²) in [4.78, 5) is 16.1. The van der Waals surface area contributed by atoms with E-state index in [1.807, 2.05) is 78.6 Å². The molecule has 3 heteroatoms. The summed E-state index contributed by atoms with van der Waals surface area (Å²) in [7, 11) is 0. The molecule has 1 aliphatic carbocycles. The molecule has 1 amide bonds. The van der Waals surface area contributed by atoms with Crippen molar-refractivity contribution in [3.05, 3.63) is 131 Å². The number of carbonyl (C=O) groups is 1. The van der Waals surface area contributed by atoms with Crippen LogP contribution in [0, 0.1) is 12.7 Å². The number of amides is 1. The molecule has 0 saturated carbocycles. The van der Waals surface area contributed by atoms with Crippen LogP contribution >= 0.6 is 0 Å². The van der Waals surface area contributed by atoms with Gasteiger partial charge < -0.3 is 4.90 Å². The average Bonchev–Trinajstić information content (AvgIpc) is 3.27. The number of rotatable bonds is 5. The van der Waals surface area contributed by atoms with E-state index >= 15 is 0 Å². The van der Waals surface area contributed by atoms with Gasteiger partial charge in [-0.1, -0.05) is 84.4 Å². The van der Waals surface area contributed by atoms with E-state index in [-0.39, 0.29) is 17.8 Å². The van der Waals surface area contributed by atoms with Crippen molar-refractivity contribution in [2.45, 2.75) is 32.4 Å². The highest BCUT2D eigenvalue weighted by Gasteiger charge is 2.31. The lowest BCUT2D eigenvalue weighted by Crippen LogP contribution is -2.40. The molecule has 4 aromatic rings. The van der Waals surface area contributed by atoms with E-state index in [9.17, 15) is 9.18 Å². The molecule has 1 aliphatic rings. The Balaban J connectivity index is 1.56. The number of halogens is 1. The molecule has 164 valence electrons. The third-order valence-corrected chi connectivity index (χ3v) is 6.46. The molecule has 0 atom stereocenters. The summed E-state index contributed by atoms with van der Waals surface area (Å²) in [5, 5.41) is 0. The van der Waals surface area contributed by atoms with Gasteiger partial charge >= 0.3 is 0 Å². The zero-order valence-electron chi connectivity index (χ0n) is 18.7. The molecule has 0 radical (unpaired) electrons. The Morgan fingerprint density at radius 1 is 0.848 bits per heavy atom. The van der Waals surface area contributed by atoms with Crippen LogP contribution in [-0.2, 0) is 19.4 Å². The molecule has 5 rings (SSSR count). The summed E-state index contributed by atoms with van der Waals surface area (Å²) in [5.74, 6) is -0.297. The Kier molecular flexibility index (Phi) is 5.78. The summed E-state index contributed by atoms with van der Waals surface area (Å²) in [6.45, 7) is 2.38. The van der Waals surface area contributed by atoms with E-state index in [2.05, 4.69) is 12.1 Å². The lowest BCUT2D eigenvalue weighted by Gasteiger charge is -2.30. The van der Waals surface area contributed by atoms with Crippen molar-refractivity contribution < 1.29 is 9.18 Å². The van der Waals surface area contributed by atoms with E-state index < -0.39 is 0 Å². The van der Waals surface area contributed by atoms with Crippen LogP contribution < -0.4 is 0 Å². The highest BCUT2D eigenvalue weighted by molar-refractivity contribution is 6.01. The average molecular weight is 436 g/mol. The molecule has 0 spiro atoms. The summed E-state index contributed by atoms with van der Waals surface area (Å²) >= 11 is 0. The second-order valence-electron chi connectivity index (χ2n) is 8.81. The number of aryl methyl sites for hydroxylation is 1. The monoisotopic (exact) mass is 435 g/mol. The second kappa shape index (κ2) is 9.03. The predicted octanol–water partition coefficient (Wildman–Crippen LogP) is 6.61. The zero-order valence-corrected chi connectivity index (χ0v) is 18.7. The van der Waals surface area contributed by atoms with Crippen molar-refractivity contribution in [3.8, 4) is 11.1 Å². The van der Waals surface area contributed by atoms with Crippen molar-refractivity contribution in [1.82, 2.24) is 4.90 Å². The van der Waals surface area contributed by atoms with Crippen LogP contribution in [0.1, 0.15) is 32.6 Å². The van der Waals surface area contributed by atoms with Crippen LogP contribution in [0.15, 0.2) is 97.1 Å². The van der Waals surface area contributed by atoms with Gasteiger partial charge in [0.1, 0.15) is 5.82 Å². The lowest BCUT2D eigenvalue weighted by atomic mass is 9.96. The second-order valence-corrected chi connectivity index (χ2v) is 8.81. The third kappa shape index (κ3) is 4.45. The number of carbonyl (C=O) groups excluding carboxylic acids is 1. The van der Waals surface area contributed by atoms with E-state index in [4.69, 9.17) is 0 Å². The van der Waals surface area contributed by atoms with Crippen molar-refractivity contribution in [1.29, 1.82) is 0 Å². The topological polar surface area (TPSA) is 20.3 Å². The standard InChI is InChI=1S/C30H26FNO/c1-21-14-15-28(23-9-3-2-4-10-23)29(16-21)30(33)32(20-22-8-7-13-26(31)17-22)27-18-24-11-5-6-12-25(24)19-27/h2-17,27H,18-20H2,1H3. The third-order valence-electron chi connectivity index (χ3n) is 6.46. The minimum atomic E-state index is -0.282. The Bertz CT molecular complexity index is 1270. The van der Waals surface area contributed by atoms with Gasteiger partial charge in [0.05, 0.1) is 0 Å². The van der Waals surface area contributed by atoms with Crippen molar-refractivity contribution in [2.75, 3.05) is 0 Å². The maximum absolute atomic E-state index is 14.2. The van der Waals surface area contributed by atoms with Crippen molar-refractivity contribution in [2.24, 2.45) is 0 Å².